The van der Waals surface area contributed by atoms with E-state index < -0.39 is 0 Å². The summed E-state index contributed by atoms with van der Waals surface area (Å²) in [5.41, 5.74) is 34.9. The summed E-state index contributed by atoms with van der Waals surface area (Å²) in [6.07, 6.45) is 9.19. The van der Waals surface area contributed by atoms with E-state index in [4.69, 9.17) is 4.98 Å². The molecule has 20 aromatic rings. The van der Waals surface area contributed by atoms with E-state index in [0.29, 0.717) is 0 Å². The Balaban J connectivity index is 0.000000150. The Kier molecular flexibility index (Phi) is 19.0. The molecule has 0 saturated carbocycles. The van der Waals surface area contributed by atoms with Crippen LogP contribution in [0.5, 0.6) is 0 Å². The van der Waals surface area contributed by atoms with Crippen LogP contribution in [0.25, 0.3) is 142 Å². The van der Waals surface area contributed by atoms with Gasteiger partial charge in [0.2, 0.25) is 0 Å². The van der Waals surface area contributed by atoms with E-state index in [1.807, 2.05) is 151 Å². The van der Waals surface area contributed by atoms with Crippen molar-refractivity contribution in [3.05, 3.63) is 403 Å². The van der Waals surface area contributed by atoms with Gasteiger partial charge in [-0.1, -0.05) is 189 Å². The second-order valence-corrected chi connectivity index (χ2v) is 36.6. The number of anilines is 6. The van der Waals surface area contributed by atoms with E-state index in [9.17, 15) is 0 Å². The van der Waals surface area contributed by atoms with Crippen molar-refractivity contribution in [2.45, 2.75) is 77.0 Å². The second-order valence-electron chi connectivity index (χ2n) is 34.4. The van der Waals surface area contributed by atoms with Gasteiger partial charge in [-0.15, -0.1) is 142 Å². The van der Waals surface area contributed by atoms with Gasteiger partial charge in [-0.25, -0.2) is 4.98 Å². The summed E-state index contributed by atoms with van der Waals surface area (Å²) in [4.78, 5) is 32.8. The van der Waals surface area contributed by atoms with E-state index in [0.717, 1.165) is 90.4 Å². The molecule has 11 aromatic carbocycles. The minimum absolute atomic E-state index is 0. The molecule has 13 heteroatoms. The van der Waals surface area contributed by atoms with Crippen LogP contribution in [0.4, 0.5) is 34.3 Å². The van der Waals surface area contributed by atoms with Crippen molar-refractivity contribution in [3.63, 3.8) is 0 Å². The van der Waals surface area contributed by atoms with Gasteiger partial charge in [-0.05, 0) is 209 Å². The van der Waals surface area contributed by atoms with Crippen LogP contribution in [0.2, 0.25) is 0 Å². The first-order chi connectivity index (χ1) is 59.5. The number of hydrogen-bond donors (Lipinski definition) is 0. The normalized spacial score (nSPS) is 13.9. The number of nitrogens with zero attached hydrogens (tertiary/aromatic N) is 9. The third-order valence-electron chi connectivity index (χ3n) is 25.9. The van der Waals surface area contributed by atoms with Crippen molar-refractivity contribution < 1.29 is 42.1 Å². The Bertz CT molecular complexity index is 6860. The summed E-state index contributed by atoms with van der Waals surface area (Å²) < 4.78 is 5.20. The van der Waals surface area contributed by atoms with Crippen LogP contribution in [-0.2, 0) is 63.8 Å². The Morgan fingerprint density at radius 1 is 0.258 bits per heavy atom. The summed E-state index contributed by atoms with van der Waals surface area (Å²) in [5, 5.41) is 5.39. The van der Waals surface area contributed by atoms with Crippen LogP contribution in [-0.4, -0.2) is 34.1 Å². The van der Waals surface area contributed by atoms with Crippen molar-refractivity contribution in [2.75, 3.05) is 9.80 Å². The zero-order valence-corrected chi connectivity index (χ0v) is 75.4. The predicted octanol–water partition coefficient (Wildman–Crippen LogP) is 28.7. The van der Waals surface area contributed by atoms with Gasteiger partial charge in [0.05, 0.1) is 33.4 Å². The molecule has 0 radical (unpaired) electrons. The standard InChI is InChI=1S/C56H40N4S.C55H39N5S.2Pt/c1-55(2)44-22-12-20-42-43-21-13-23-45-53(43)60(52(42)44)54-46(55)33-38(34-47(54)56(45,3)4)51-27-26-50(61-51)37-16-11-19-41(32-37)59(39-17-9-14-35(30-39)48-24-5-7-28-57-48)40-18-10-15-36(31-40)49-25-6-8-29-58-49;1-54(2)42-19-11-17-40-41-18-12-20-43-52(41)60(51(40)42)53-44(54)31-37(32-45(53)55(43,3)4)49-24-23-48(61-49)36-25-28-58-50(33-36)59(38-15-9-13-34(29-38)46-21-5-7-26-56-46)39-16-10-14-35(30-39)47-22-6-8-27-57-47;;/h5-29,32-34H,1-4H3;5-28,31-33H,1-4H3;;/q2*-2;2*+2. The largest absolute Gasteiger partial charge is 2.00 e. The fourth-order valence-corrected chi connectivity index (χ4v) is 21.8. The molecule has 600 valence electrons. The Morgan fingerprint density at radius 3 is 0.895 bits per heavy atom. The molecule has 0 fully saturated rings. The quantitative estimate of drug-likeness (QED) is 0.100. The van der Waals surface area contributed by atoms with Gasteiger partial charge in [0, 0.05) is 99.4 Å². The molecule has 24 rings (SSSR count). The van der Waals surface area contributed by atoms with Crippen molar-refractivity contribution >= 4 is 101 Å². The Labute approximate surface area is 758 Å². The maximum absolute atomic E-state index is 5.00. The molecule has 0 spiro atoms. The number of rotatable bonds is 14. The molecule has 0 saturated heterocycles. The minimum atomic E-state index is -0.184. The van der Waals surface area contributed by atoms with E-state index in [-0.39, 0.29) is 63.8 Å². The summed E-state index contributed by atoms with van der Waals surface area (Å²) in [5.74, 6) is 0.764. The maximum Gasteiger partial charge on any atom is 2.00 e. The summed E-state index contributed by atoms with van der Waals surface area (Å²) in [6, 6.07) is 123. The van der Waals surface area contributed by atoms with Gasteiger partial charge >= 0.3 is 42.1 Å². The van der Waals surface area contributed by atoms with Crippen LogP contribution in [0, 0.1) is 24.3 Å². The number of thiophene rings is 2. The van der Waals surface area contributed by atoms with Crippen molar-refractivity contribution in [2.24, 2.45) is 0 Å². The van der Waals surface area contributed by atoms with Gasteiger partial charge in [-0.3, -0.25) is 0 Å². The summed E-state index contributed by atoms with van der Waals surface area (Å²) in [6.45, 7) is 19.3. The van der Waals surface area contributed by atoms with E-state index in [2.05, 4.69) is 325 Å². The topological polar surface area (TPSA) is 80.8 Å². The summed E-state index contributed by atoms with van der Waals surface area (Å²) >= 11 is 3.68. The molecule has 0 N–H and O–H groups in total. The molecule has 4 aliphatic rings. The first kappa shape index (κ1) is 78.4. The first-order valence-corrected chi connectivity index (χ1v) is 43.3. The van der Waals surface area contributed by atoms with Crippen molar-refractivity contribution in [1.82, 2.24) is 34.1 Å². The number of para-hydroxylation sites is 4. The van der Waals surface area contributed by atoms with Gasteiger partial charge in [0.1, 0.15) is 5.82 Å². The smallest absolute Gasteiger partial charge is 0.346 e. The molecular weight excluding hydrogens is 1910 g/mol. The molecule has 0 aliphatic carbocycles. The third kappa shape index (κ3) is 12.4. The maximum atomic E-state index is 5.00. The predicted molar refractivity (Wildman–Crippen MR) is 503 cm³/mol. The van der Waals surface area contributed by atoms with E-state index >= 15 is 0 Å². The molecule has 13 heterocycles. The van der Waals surface area contributed by atoms with E-state index in [1.165, 1.54) is 130 Å². The first-order valence-electron chi connectivity index (χ1n) is 41.7. The zero-order valence-electron chi connectivity index (χ0n) is 69.2. The fraction of sp³-hybridized carbons (Fsp3) is 0.108. The van der Waals surface area contributed by atoms with Crippen LogP contribution >= 0.6 is 22.7 Å². The average Bonchev–Trinajstić information content (AvgIpc) is 1.49. The monoisotopic (exact) mass is 1990 g/mol. The number of hydrogen-bond acceptors (Lipinski definition) is 9. The SMILES string of the molecule is CC1(C)c2cc(-c3ccc(-c4cccc(N(c5[c-]c(-c6ccccn6)ccc5)c5[c-]c(-c6ccccn6)ccc5)c4)s3)cc3c2-n2c4c1cccc4c1cccc(c12)C3(C)C.CC1(C)c2cc(-c3ccc(-c4ccnc(N(c5[c-]c(-c6ccccn6)ccc5)c5[c-]c(-c6ccccn6)ccc5)c4)s3)cc3c2-n2c4c1cccc4c1cccc(c12)C3(C)C.[Pt+2].[Pt+2]. The number of pyridine rings is 5. The second kappa shape index (κ2) is 30.0. The van der Waals surface area contributed by atoms with Gasteiger partial charge in [-0.2, -0.15) is 0 Å². The molecule has 0 unspecified atom stereocenters. The Hall–Kier alpha value is -12.9. The number of fused-ring (bicyclic) bond motifs is 2. The van der Waals surface area contributed by atoms with Gasteiger partial charge in [0.25, 0.3) is 0 Å². The molecule has 9 nitrogen and oxygen atoms in total. The van der Waals surface area contributed by atoms with Crippen molar-refractivity contribution in [1.29, 1.82) is 0 Å². The molecule has 9 aromatic heterocycles. The molecule has 0 bridgehead atoms. The van der Waals surface area contributed by atoms with E-state index in [1.54, 1.807) is 0 Å². The molecule has 4 aliphatic heterocycles. The molecule has 124 heavy (non-hydrogen) atoms. The van der Waals surface area contributed by atoms with Crippen molar-refractivity contribution in [3.8, 4) is 98.2 Å². The number of benzene rings is 11. The van der Waals surface area contributed by atoms with Gasteiger partial charge < -0.3 is 38.9 Å². The molecule has 0 amide bonds. The van der Waals surface area contributed by atoms with Crippen LogP contribution in [0.3, 0.4) is 0 Å². The van der Waals surface area contributed by atoms with Crippen LogP contribution in [0.15, 0.2) is 334 Å². The molecular formula is C111H79N9Pt2S2. The number of aromatic nitrogens is 7. The van der Waals surface area contributed by atoms with Crippen LogP contribution < -0.4 is 9.80 Å². The van der Waals surface area contributed by atoms with Gasteiger partial charge in [0.15, 0.2) is 0 Å². The summed E-state index contributed by atoms with van der Waals surface area (Å²) in [7, 11) is 0. The molecule has 0 atom stereocenters. The fourth-order valence-electron chi connectivity index (χ4n) is 19.8. The van der Waals surface area contributed by atoms with Crippen LogP contribution in [0.1, 0.15) is 99.9 Å². The zero-order chi connectivity index (χ0) is 82.1. The Morgan fingerprint density at radius 2 is 0.565 bits per heavy atom. The third-order valence-corrected chi connectivity index (χ3v) is 28.3. The minimum Gasteiger partial charge on any atom is -0.346 e. The average molecular weight is 1990 g/mol.